The van der Waals surface area contributed by atoms with Crippen LogP contribution >= 0.6 is 0 Å². The van der Waals surface area contributed by atoms with Crippen LogP contribution in [0.25, 0.3) is 22.0 Å². The van der Waals surface area contributed by atoms with Crippen LogP contribution in [0.1, 0.15) is 86.1 Å². The number of fused-ring (bicyclic) bond motifs is 3. The summed E-state index contributed by atoms with van der Waals surface area (Å²) in [5.41, 5.74) is 5.98. The third-order valence-corrected chi connectivity index (χ3v) is 8.22. The number of anilines is 1. The maximum Gasteiger partial charge on any atom is 0.231 e. The Labute approximate surface area is 196 Å². The van der Waals surface area contributed by atoms with Crippen molar-refractivity contribution >= 4 is 28.8 Å². The van der Waals surface area contributed by atoms with Crippen LogP contribution in [-0.4, -0.2) is 22.8 Å². The molecule has 0 radical (unpaired) electrons. The second-order valence-electron chi connectivity index (χ2n) is 10.0. The number of aromatic nitrogens is 1. The van der Waals surface area contributed by atoms with Crippen LogP contribution in [0.5, 0.6) is 0 Å². The summed E-state index contributed by atoms with van der Waals surface area (Å²) in [6.07, 6.45) is 10.5. The standard InChI is InChI=1S/C29H34N2O2/c1-3-29(4-2)17-26-28(23-12-8-9-13-25(23)31(26)27(33)18-29)20-14-15-21(19-32)24(16-20)30-22-10-6-5-7-11-22/h8-9,12-16,19,22,30H,3-7,10-11,17-18H2,1-2H3. The lowest BCUT2D eigenvalue weighted by Gasteiger charge is -2.36. The maximum absolute atomic E-state index is 13.4. The summed E-state index contributed by atoms with van der Waals surface area (Å²) in [6, 6.07) is 14.8. The highest BCUT2D eigenvalue weighted by Crippen LogP contribution is 2.46. The van der Waals surface area contributed by atoms with E-state index in [1.807, 2.05) is 16.7 Å². The molecule has 33 heavy (non-hydrogen) atoms. The minimum atomic E-state index is 0.0160. The van der Waals surface area contributed by atoms with E-state index >= 15 is 0 Å². The number of nitrogens with zero attached hydrogens (tertiary/aromatic N) is 1. The zero-order valence-electron chi connectivity index (χ0n) is 19.8. The molecule has 4 nitrogen and oxygen atoms in total. The van der Waals surface area contributed by atoms with Crippen molar-refractivity contribution in [1.82, 2.24) is 4.57 Å². The van der Waals surface area contributed by atoms with Crippen molar-refractivity contribution in [3.05, 3.63) is 53.7 Å². The average Bonchev–Trinajstić information content (AvgIpc) is 3.18. The number of hydrogen-bond acceptors (Lipinski definition) is 3. The third-order valence-electron chi connectivity index (χ3n) is 8.22. The fraction of sp³-hybridized carbons (Fsp3) is 0.448. The first-order valence-corrected chi connectivity index (χ1v) is 12.6. The van der Waals surface area contributed by atoms with Crippen molar-refractivity contribution in [2.24, 2.45) is 5.41 Å². The van der Waals surface area contributed by atoms with Gasteiger partial charge in [-0.15, -0.1) is 0 Å². The SMILES string of the molecule is CCC1(CC)CC(=O)n2c(c(-c3ccc(C=O)c(NC4CCCCC4)c3)c3ccccc32)C1. The zero-order chi connectivity index (χ0) is 23.0. The largest absolute Gasteiger partial charge is 0.382 e. The van der Waals surface area contributed by atoms with Crippen LogP contribution in [0, 0.1) is 5.41 Å². The summed E-state index contributed by atoms with van der Waals surface area (Å²) >= 11 is 0. The molecule has 2 heterocycles. The topological polar surface area (TPSA) is 51.1 Å². The number of para-hydroxylation sites is 1. The van der Waals surface area contributed by atoms with Gasteiger partial charge in [-0.2, -0.15) is 0 Å². The minimum absolute atomic E-state index is 0.0160. The number of carbonyl (C=O) groups excluding carboxylic acids is 2. The van der Waals surface area contributed by atoms with Gasteiger partial charge in [0.05, 0.1) is 5.52 Å². The summed E-state index contributed by atoms with van der Waals surface area (Å²) in [5, 5.41) is 4.79. The summed E-state index contributed by atoms with van der Waals surface area (Å²) < 4.78 is 1.97. The van der Waals surface area contributed by atoms with Gasteiger partial charge < -0.3 is 5.32 Å². The van der Waals surface area contributed by atoms with E-state index in [1.54, 1.807) is 0 Å². The van der Waals surface area contributed by atoms with Crippen LogP contribution in [0.3, 0.4) is 0 Å². The number of aldehydes is 1. The van der Waals surface area contributed by atoms with E-state index < -0.39 is 0 Å². The molecule has 1 aliphatic heterocycles. The number of rotatable bonds is 6. The smallest absolute Gasteiger partial charge is 0.231 e. The first-order valence-electron chi connectivity index (χ1n) is 12.6. The molecule has 2 aliphatic rings. The quantitative estimate of drug-likeness (QED) is 0.409. The highest BCUT2D eigenvalue weighted by atomic mass is 16.2. The molecule has 0 atom stereocenters. The molecule has 2 aromatic carbocycles. The Morgan fingerprint density at radius 1 is 1.03 bits per heavy atom. The molecule has 3 aromatic rings. The summed E-state index contributed by atoms with van der Waals surface area (Å²) in [7, 11) is 0. The molecule has 0 saturated heterocycles. The van der Waals surface area contributed by atoms with Gasteiger partial charge in [0.25, 0.3) is 0 Å². The predicted molar refractivity (Wildman–Crippen MR) is 135 cm³/mol. The van der Waals surface area contributed by atoms with E-state index in [2.05, 4.69) is 49.5 Å². The van der Waals surface area contributed by atoms with Gasteiger partial charge in [-0.25, -0.2) is 0 Å². The fourth-order valence-electron chi connectivity index (χ4n) is 6.04. The normalized spacial score (nSPS) is 18.3. The number of benzene rings is 2. The second-order valence-corrected chi connectivity index (χ2v) is 10.0. The Hall–Kier alpha value is -2.88. The number of nitrogens with one attached hydrogen (secondary N) is 1. The van der Waals surface area contributed by atoms with Crippen molar-refractivity contribution in [2.45, 2.75) is 77.7 Å². The van der Waals surface area contributed by atoms with E-state index in [4.69, 9.17) is 0 Å². The van der Waals surface area contributed by atoms with E-state index in [0.717, 1.165) is 71.8 Å². The molecule has 1 N–H and O–H groups in total. The van der Waals surface area contributed by atoms with Crippen molar-refractivity contribution in [3.63, 3.8) is 0 Å². The predicted octanol–water partition coefficient (Wildman–Crippen LogP) is 7.26. The average molecular weight is 443 g/mol. The molecule has 1 saturated carbocycles. The lowest BCUT2D eigenvalue weighted by Crippen LogP contribution is -2.35. The van der Waals surface area contributed by atoms with Crippen molar-refractivity contribution in [1.29, 1.82) is 0 Å². The highest BCUT2D eigenvalue weighted by Gasteiger charge is 2.39. The van der Waals surface area contributed by atoms with Crippen LogP contribution in [0.2, 0.25) is 0 Å². The molecule has 5 rings (SSSR count). The summed E-state index contributed by atoms with van der Waals surface area (Å²) in [6.45, 7) is 4.42. The first-order chi connectivity index (χ1) is 16.1. The van der Waals surface area contributed by atoms with Gasteiger partial charge in [0.2, 0.25) is 5.91 Å². The number of carbonyl (C=O) groups is 2. The van der Waals surface area contributed by atoms with Crippen LogP contribution in [-0.2, 0) is 6.42 Å². The lowest BCUT2D eigenvalue weighted by atomic mass is 9.72. The molecule has 4 heteroatoms. The zero-order valence-corrected chi connectivity index (χ0v) is 19.8. The van der Waals surface area contributed by atoms with E-state index in [1.165, 1.54) is 19.3 Å². The van der Waals surface area contributed by atoms with E-state index in [-0.39, 0.29) is 11.3 Å². The molecule has 0 amide bonds. The second kappa shape index (κ2) is 8.81. The van der Waals surface area contributed by atoms with Crippen molar-refractivity contribution in [3.8, 4) is 11.1 Å². The summed E-state index contributed by atoms with van der Waals surface area (Å²) in [5.74, 6) is 0.201. The fourth-order valence-corrected chi connectivity index (χ4v) is 6.04. The van der Waals surface area contributed by atoms with Crippen LogP contribution in [0.4, 0.5) is 5.69 Å². The van der Waals surface area contributed by atoms with Gasteiger partial charge in [0.15, 0.2) is 6.29 Å². The Bertz CT molecular complexity index is 1200. The number of hydrogen-bond donors (Lipinski definition) is 1. The van der Waals surface area contributed by atoms with Crippen molar-refractivity contribution in [2.75, 3.05) is 5.32 Å². The lowest BCUT2D eigenvalue weighted by molar-refractivity contribution is 0.0769. The maximum atomic E-state index is 13.4. The molecule has 1 aromatic heterocycles. The summed E-state index contributed by atoms with van der Waals surface area (Å²) in [4.78, 5) is 25.2. The highest BCUT2D eigenvalue weighted by molar-refractivity contribution is 6.05. The molecular formula is C29H34N2O2. The van der Waals surface area contributed by atoms with E-state index in [0.29, 0.717) is 18.0 Å². The van der Waals surface area contributed by atoms with Gasteiger partial charge in [0, 0.05) is 40.4 Å². The van der Waals surface area contributed by atoms with Crippen LogP contribution in [0.15, 0.2) is 42.5 Å². The Balaban J connectivity index is 1.67. The van der Waals surface area contributed by atoms with Gasteiger partial charge in [0.1, 0.15) is 0 Å². The van der Waals surface area contributed by atoms with Crippen LogP contribution < -0.4 is 5.32 Å². The first kappa shape index (κ1) is 21.9. The molecule has 0 spiro atoms. The minimum Gasteiger partial charge on any atom is -0.382 e. The van der Waals surface area contributed by atoms with Gasteiger partial charge in [-0.1, -0.05) is 57.4 Å². The molecule has 1 aliphatic carbocycles. The van der Waals surface area contributed by atoms with E-state index in [9.17, 15) is 9.59 Å². The molecule has 172 valence electrons. The molecule has 0 unspecified atom stereocenters. The van der Waals surface area contributed by atoms with Gasteiger partial charge in [-0.3, -0.25) is 14.2 Å². The molecular weight excluding hydrogens is 408 g/mol. The Morgan fingerprint density at radius 2 is 1.79 bits per heavy atom. The monoisotopic (exact) mass is 442 g/mol. The third kappa shape index (κ3) is 3.80. The molecule has 0 bridgehead atoms. The van der Waals surface area contributed by atoms with Crippen molar-refractivity contribution < 1.29 is 9.59 Å². The van der Waals surface area contributed by atoms with Gasteiger partial charge >= 0.3 is 0 Å². The Kier molecular flexibility index (Phi) is 5.86. The Morgan fingerprint density at radius 3 is 2.52 bits per heavy atom. The van der Waals surface area contributed by atoms with Gasteiger partial charge in [-0.05, 0) is 61.3 Å². The molecule has 1 fully saturated rings.